The summed E-state index contributed by atoms with van der Waals surface area (Å²) in [5.74, 6) is 0. The second kappa shape index (κ2) is 10.6. The van der Waals surface area contributed by atoms with Crippen molar-refractivity contribution in [3.05, 3.63) is 157 Å². The van der Waals surface area contributed by atoms with E-state index in [9.17, 15) is 0 Å². The minimum atomic E-state index is 1.04. The first-order valence-electron chi connectivity index (χ1n) is 15.0. The summed E-state index contributed by atoms with van der Waals surface area (Å²) in [5.41, 5.74) is 7.12. The first-order chi connectivity index (χ1) is 21.7. The summed E-state index contributed by atoms with van der Waals surface area (Å²) in [5, 5.41) is 11.1. The molecule has 0 radical (unpaired) electrons. The average molecular weight is 565 g/mol. The first kappa shape index (κ1) is 26.0. The molecule has 0 spiro atoms. The van der Waals surface area contributed by atoms with Gasteiger partial charge in [-0.3, -0.25) is 9.97 Å². The summed E-state index contributed by atoms with van der Waals surface area (Å²) < 4.78 is 2.33. The smallest absolute Gasteiger partial charge is 0.226 e. The highest BCUT2D eigenvalue weighted by atomic mass is 15.0. The minimum absolute atomic E-state index is 1.04. The maximum absolute atomic E-state index is 4.74. The summed E-state index contributed by atoms with van der Waals surface area (Å²) in [6.07, 6.45) is 5.91. The Morgan fingerprint density at radius 1 is 0.409 bits per heavy atom. The monoisotopic (exact) mass is 564 g/mol. The number of aromatic nitrogens is 3. The SMILES string of the molecule is Cc1cccc2ccc3ccc[n+](-c4cccc5ccc6cccnc6c45)c3c12.Cc1cccc2ccc3cccnc3c12. The van der Waals surface area contributed by atoms with Crippen LogP contribution < -0.4 is 4.57 Å². The van der Waals surface area contributed by atoms with Gasteiger partial charge in [-0.15, -0.1) is 0 Å². The molecule has 3 nitrogen and oxygen atoms in total. The Balaban J connectivity index is 0.000000162. The van der Waals surface area contributed by atoms with Gasteiger partial charge in [-0.2, -0.15) is 4.57 Å². The molecule has 0 saturated carbocycles. The molecule has 0 N–H and O–H groups in total. The van der Waals surface area contributed by atoms with Gasteiger partial charge in [-0.1, -0.05) is 91.0 Å². The Hall–Kier alpha value is -5.67. The van der Waals surface area contributed by atoms with Crippen LogP contribution in [0.15, 0.2) is 146 Å². The number of hydrogen-bond donors (Lipinski definition) is 0. The molecule has 0 bridgehead atoms. The van der Waals surface area contributed by atoms with E-state index in [0.717, 1.165) is 22.1 Å². The van der Waals surface area contributed by atoms with Gasteiger partial charge in [0.05, 0.1) is 21.8 Å². The topological polar surface area (TPSA) is 29.7 Å². The van der Waals surface area contributed by atoms with E-state index in [1.54, 1.807) is 0 Å². The standard InChI is InChI=1S/C27H19N2.C14H11N/c1-18-6-2-7-19-13-15-22-10-5-17-29(27(22)24(18)19)23-11-3-8-20-12-14-21-9-4-16-28-26(21)25(20)23;1-10-4-2-5-11-7-8-12-6-3-9-15-14(12)13(10)11/h2-17H,1H3;2-9H,1H3/q+1;. The zero-order valence-electron chi connectivity index (χ0n) is 24.7. The molecule has 9 rings (SSSR count). The quantitative estimate of drug-likeness (QED) is 0.147. The largest absolute Gasteiger partial charge is 0.256 e. The van der Waals surface area contributed by atoms with Crippen LogP contribution in [0.1, 0.15) is 11.1 Å². The van der Waals surface area contributed by atoms with Gasteiger partial charge in [-0.25, -0.2) is 0 Å². The Morgan fingerprint density at radius 3 is 1.57 bits per heavy atom. The van der Waals surface area contributed by atoms with Crippen molar-refractivity contribution in [3.8, 4) is 5.69 Å². The Morgan fingerprint density at radius 2 is 0.886 bits per heavy atom. The van der Waals surface area contributed by atoms with Crippen molar-refractivity contribution in [1.82, 2.24) is 9.97 Å². The van der Waals surface area contributed by atoms with Crippen molar-refractivity contribution in [2.75, 3.05) is 0 Å². The highest BCUT2D eigenvalue weighted by Gasteiger charge is 2.20. The predicted molar refractivity (Wildman–Crippen MR) is 185 cm³/mol. The van der Waals surface area contributed by atoms with Crippen LogP contribution in [0.2, 0.25) is 0 Å². The zero-order valence-corrected chi connectivity index (χ0v) is 24.7. The highest BCUT2D eigenvalue weighted by molar-refractivity contribution is 6.10. The van der Waals surface area contributed by atoms with Gasteiger partial charge in [0.1, 0.15) is 0 Å². The van der Waals surface area contributed by atoms with Crippen molar-refractivity contribution in [1.29, 1.82) is 0 Å². The number of pyridine rings is 3. The van der Waals surface area contributed by atoms with Gasteiger partial charge in [-0.05, 0) is 65.4 Å². The second-order valence-corrected chi connectivity index (χ2v) is 11.4. The second-order valence-electron chi connectivity index (χ2n) is 11.4. The third kappa shape index (κ3) is 4.25. The zero-order chi connectivity index (χ0) is 29.6. The molecule has 0 fully saturated rings. The van der Waals surface area contributed by atoms with Crippen LogP contribution in [0, 0.1) is 13.8 Å². The lowest BCUT2D eigenvalue weighted by atomic mass is 10.00. The maximum Gasteiger partial charge on any atom is 0.226 e. The maximum atomic E-state index is 4.74. The van der Waals surface area contributed by atoms with Crippen LogP contribution in [0.5, 0.6) is 0 Å². The van der Waals surface area contributed by atoms with Crippen LogP contribution in [-0.2, 0) is 0 Å². The normalized spacial score (nSPS) is 11.4. The van der Waals surface area contributed by atoms with Gasteiger partial charge >= 0.3 is 0 Å². The Bertz CT molecular complexity index is 2530. The lowest BCUT2D eigenvalue weighted by Gasteiger charge is -2.09. The van der Waals surface area contributed by atoms with Crippen molar-refractivity contribution in [2.24, 2.45) is 0 Å². The van der Waals surface area contributed by atoms with Crippen LogP contribution in [0.3, 0.4) is 0 Å². The fourth-order valence-electron chi connectivity index (χ4n) is 6.65. The lowest BCUT2D eigenvalue weighted by Crippen LogP contribution is -2.31. The van der Waals surface area contributed by atoms with E-state index < -0.39 is 0 Å². The van der Waals surface area contributed by atoms with E-state index in [4.69, 9.17) is 4.98 Å². The molecule has 0 atom stereocenters. The summed E-state index contributed by atoms with van der Waals surface area (Å²) in [6.45, 7) is 4.33. The molecule has 3 heterocycles. The van der Waals surface area contributed by atoms with Crippen LogP contribution in [0.25, 0.3) is 70.7 Å². The molecule has 0 aliphatic rings. The van der Waals surface area contributed by atoms with E-state index >= 15 is 0 Å². The molecule has 0 aliphatic carbocycles. The number of rotatable bonds is 1. The molecule has 3 heteroatoms. The summed E-state index contributed by atoms with van der Waals surface area (Å²) in [6, 6.07) is 45.0. The number of nitrogens with zero attached hydrogens (tertiary/aromatic N) is 3. The van der Waals surface area contributed by atoms with Gasteiger partial charge in [0.25, 0.3) is 0 Å². The first-order valence-corrected chi connectivity index (χ1v) is 15.0. The van der Waals surface area contributed by atoms with Gasteiger partial charge in [0.2, 0.25) is 11.2 Å². The summed E-state index contributed by atoms with van der Waals surface area (Å²) >= 11 is 0. The summed E-state index contributed by atoms with van der Waals surface area (Å²) in [7, 11) is 0. The van der Waals surface area contributed by atoms with Crippen LogP contribution in [0.4, 0.5) is 0 Å². The third-order valence-electron chi connectivity index (χ3n) is 8.69. The molecular weight excluding hydrogens is 534 g/mol. The number of hydrogen-bond acceptors (Lipinski definition) is 2. The average Bonchev–Trinajstić information content (AvgIpc) is 3.08. The number of aryl methyl sites for hydroxylation is 2. The molecular formula is C41H30N3+. The summed E-state index contributed by atoms with van der Waals surface area (Å²) in [4.78, 5) is 9.21. The van der Waals surface area contributed by atoms with E-state index in [1.807, 2.05) is 24.5 Å². The van der Waals surface area contributed by atoms with Crippen LogP contribution >= 0.6 is 0 Å². The highest BCUT2D eigenvalue weighted by Crippen LogP contribution is 2.31. The van der Waals surface area contributed by atoms with Gasteiger partial charge in [0, 0.05) is 46.1 Å². The fourth-order valence-corrected chi connectivity index (χ4v) is 6.65. The number of benzene rings is 6. The van der Waals surface area contributed by atoms with E-state index in [1.165, 1.54) is 59.7 Å². The van der Waals surface area contributed by atoms with Crippen molar-refractivity contribution >= 4 is 65.0 Å². The van der Waals surface area contributed by atoms with Gasteiger partial charge < -0.3 is 0 Å². The lowest BCUT2D eigenvalue weighted by molar-refractivity contribution is -0.564. The Labute approximate surface area is 255 Å². The molecule has 0 aliphatic heterocycles. The van der Waals surface area contributed by atoms with Crippen LogP contribution in [-0.4, -0.2) is 9.97 Å². The molecule has 3 aromatic heterocycles. The van der Waals surface area contributed by atoms with Crippen molar-refractivity contribution < 1.29 is 4.57 Å². The molecule has 9 aromatic rings. The molecule has 0 amide bonds. The Kier molecular flexibility index (Phi) is 6.23. The van der Waals surface area contributed by atoms with Gasteiger partial charge in [0.15, 0.2) is 6.20 Å². The minimum Gasteiger partial charge on any atom is -0.256 e. The van der Waals surface area contributed by atoms with Crippen molar-refractivity contribution in [3.63, 3.8) is 0 Å². The van der Waals surface area contributed by atoms with E-state index in [-0.39, 0.29) is 0 Å². The third-order valence-corrected chi connectivity index (χ3v) is 8.69. The molecule has 0 saturated heterocycles. The molecule has 208 valence electrons. The predicted octanol–water partition coefficient (Wildman–Crippen LogP) is 9.98. The molecule has 0 unspecified atom stereocenters. The van der Waals surface area contributed by atoms with E-state index in [0.29, 0.717) is 0 Å². The van der Waals surface area contributed by atoms with Crippen molar-refractivity contribution in [2.45, 2.75) is 13.8 Å². The molecule has 6 aromatic carbocycles. The fraction of sp³-hybridized carbons (Fsp3) is 0.0488. The number of fused-ring (bicyclic) bond motifs is 9. The molecule has 44 heavy (non-hydrogen) atoms. The van der Waals surface area contributed by atoms with E-state index in [2.05, 4.69) is 145 Å².